The van der Waals surface area contributed by atoms with Crippen molar-refractivity contribution in [1.29, 1.82) is 0 Å². The third kappa shape index (κ3) is 3.53. The first-order chi connectivity index (χ1) is 13.0. The molecule has 1 N–H and O–H groups in total. The quantitative estimate of drug-likeness (QED) is 0.661. The van der Waals surface area contributed by atoms with Crippen LogP contribution in [-0.4, -0.2) is 52.2 Å². The van der Waals surface area contributed by atoms with Gasteiger partial charge in [0.05, 0.1) is 27.7 Å². The van der Waals surface area contributed by atoms with Crippen LogP contribution in [0.1, 0.15) is 18.4 Å². The molecule has 0 saturated carbocycles. The lowest BCUT2D eigenvalue weighted by Gasteiger charge is -2.37. The summed E-state index contributed by atoms with van der Waals surface area (Å²) in [6.45, 7) is 4.85. The number of carbonyl (C=O) groups is 1. The molecule has 2 aromatic heterocycles. The summed E-state index contributed by atoms with van der Waals surface area (Å²) in [6.07, 6.45) is 3.58. The largest absolute Gasteiger partial charge is 0.366 e. The van der Waals surface area contributed by atoms with E-state index in [4.69, 9.17) is 11.6 Å². The molecule has 0 unspecified atom stereocenters. The third-order valence-electron chi connectivity index (χ3n) is 5.06. The summed E-state index contributed by atoms with van der Waals surface area (Å²) >= 11 is 9.55. The van der Waals surface area contributed by atoms with Crippen LogP contribution >= 0.6 is 27.5 Å². The predicted molar refractivity (Wildman–Crippen MR) is 110 cm³/mol. The molecule has 27 heavy (non-hydrogen) atoms. The van der Waals surface area contributed by atoms with Gasteiger partial charge < -0.3 is 9.80 Å². The van der Waals surface area contributed by atoms with Crippen LogP contribution < -0.4 is 4.90 Å². The Labute approximate surface area is 170 Å². The second-order valence-corrected chi connectivity index (χ2v) is 7.96. The summed E-state index contributed by atoms with van der Waals surface area (Å²) in [5.74, 6) is -0.0266. The van der Waals surface area contributed by atoms with Gasteiger partial charge in [-0.3, -0.25) is 9.89 Å². The summed E-state index contributed by atoms with van der Waals surface area (Å²) in [4.78, 5) is 21.5. The monoisotopic (exact) mass is 447 g/mol. The fraction of sp³-hybridized carbons (Fsp3) is 0.316. The number of pyridine rings is 1. The Balaban J connectivity index is 1.47. The van der Waals surface area contributed by atoms with Gasteiger partial charge in [0.15, 0.2) is 5.65 Å². The number of amides is 1. The van der Waals surface area contributed by atoms with E-state index in [0.29, 0.717) is 18.1 Å². The maximum atomic E-state index is 12.9. The fourth-order valence-corrected chi connectivity index (χ4v) is 4.19. The van der Waals surface area contributed by atoms with Gasteiger partial charge >= 0.3 is 0 Å². The van der Waals surface area contributed by atoms with Crippen LogP contribution in [0.5, 0.6) is 0 Å². The molecular weight excluding hydrogens is 430 g/mol. The molecule has 1 amide bonds. The lowest BCUT2D eigenvalue weighted by atomic mass is 9.99. The van der Waals surface area contributed by atoms with Crippen LogP contribution in [0.15, 0.2) is 41.1 Å². The van der Waals surface area contributed by atoms with Crippen molar-refractivity contribution in [3.8, 4) is 0 Å². The van der Waals surface area contributed by atoms with Gasteiger partial charge in [-0.2, -0.15) is 5.10 Å². The Morgan fingerprint density at radius 1 is 1.19 bits per heavy atom. The molecular formula is C19H19BrClN5O. The van der Waals surface area contributed by atoms with Crippen molar-refractivity contribution in [2.75, 3.05) is 31.1 Å². The summed E-state index contributed by atoms with van der Waals surface area (Å²) < 4.78 is 0.936. The van der Waals surface area contributed by atoms with Crippen molar-refractivity contribution in [1.82, 2.24) is 20.1 Å². The highest BCUT2D eigenvalue weighted by Gasteiger charge is 2.27. The Morgan fingerprint density at radius 3 is 2.59 bits per heavy atom. The first-order valence-electron chi connectivity index (χ1n) is 8.81. The normalized spacial score (nSPS) is 16.0. The Bertz CT molecular complexity index is 966. The van der Waals surface area contributed by atoms with Crippen LogP contribution in [0.3, 0.4) is 0 Å². The van der Waals surface area contributed by atoms with Gasteiger partial charge in [-0.25, -0.2) is 4.98 Å². The highest BCUT2D eigenvalue weighted by Crippen LogP contribution is 2.33. The van der Waals surface area contributed by atoms with Gasteiger partial charge in [-0.05, 0) is 40.5 Å². The zero-order chi connectivity index (χ0) is 19.0. The number of benzene rings is 1. The number of nitrogens with zero attached hydrogens (tertiary/aromatic N) is 4. The molecule has 1 aliphatic heterocycles. The average molecular weight is 449 g/mol. The number of carbonyl (C=O) groups excluding carboxylic acids is 1. The molecule has 1 aromatic carbocycles. The molecule has 1 aliphatic rings. The van der Waals surface area contributed by atoms with Gasteiger partial charge in [0.2, 0.25) is 5.91 Å². The van der Waals surface area contributed by atoms with E-state index < -0.39 is 0 Å². The maximum Gasteiger partial charge on any atom is 0.229 e. The van der Waals surface area contributed by atoms with Crippen LogP contribution in [0.2, 0.25) is 5.02 Å². The smallest absolute Gasteiger partial charge is 0.229 e. The highest BCUT2D eigenvalue weighted by atomic mass is 79.9. The number of nitrogens with one attached hydrogen (secondary N) is 1. The summed E-state index contributed by atoms with van der Waals surface area (Å²) in [5, 5.41) is 8.67. The number of hydrogen-bond donors (Lipinski definition) is 1. The van der Waals surface area contributed by atoms with Crippen LogP contribution in [0, 0.1) is 0 Å². The van der Waals surface area contributed by atoms with E-state index in [2.05, 4.69) is 36.0 Å². The van der Waals surface area contributed by atoms with Crippen LogP contribution in [-0.2, 0) is 4.79 Å². The lowest BCUT2D eigenvalue weighted by Crippen LogP contribution is -2.50. The first-order valence-corrected chi connectivity index (χ1v) is 9.98. The average Bonchev–Trinajstić information content (AvgIpc) is 3.16. The summed E-state index contributed by atoms with van der Waals surface area (Å²) in [5.41, 5.74) is 2.83. The van der Waals surface area contributed by atoms with Crippen molar-refractivity contribution in [2.45, 2.75) is 12.8 Å². The maximum absolute atomic E-state index is 12.9. The molecule has 140 valence electrons. The van der Waals surface area contributed by atoms with E-state index in [0.717, 1.165) is 39.8 Å². The van der Waals surface area contributed by atoms with Gasteiger partial charge in [-0.15, -0.1) is 0 Å². The van der Waals surface area contributed by atoms with E-state index >= 15 is 0 Å². The van der Waals surface area contributed by atoms with Crippen molar-refractivity contribution in [2.24, 2.45) is 0 Å². The molecule has 1 saturated heterocycles. The molecule has 1 atom stereocenters. The molecule has 8 heteroatoms. The number of aromatic amines is 1. The second kappa shape index (κ2) is 7.48. The molecule has 4 rings (SSSR count). The van der Waals surface area contributed by atoms with Crippen molar-refractivity contribution < 1.29 is 4.79 Å². The summed E-state index contributed by atoms with van der Waals surface area (Å²) in [6, 6.07) is 7.50. The zero-order valence-corrected chi connectivity index (χ0v) is 17.2. The number of fused-ring (bicyclic) bond motifs is 1. The fourth-order valence-electron chi connectivity index (χ4n) is 3.50. The lowest BCUT2D eigenvalue weighted by molar-refractivity contribution is -0.132. The summed E-state index contributed by atoms with van der Waals surface area (Å²) in [7, 11) is 0. The molecule has 0 spiro atoms. The van der Waals surface area contributed by atoms with E-state index in [9.17, 15) is 4.79 Å². The van der Waals surface area contributed by atoms with Gasteiger partial charge in [0.25, 0.3) is 0 Å². The molecule has 6 nitrogen and oxygen atoms in total. The standard InChI is InChI=1S/C19H19BrClN5O/c1-12(13-2-4-14(21)5-3-13)19(27)26-8-6-25(7-9-26)17-15-10-23-24-18(15)22-11-16(17)20/h2-5,10-12H,6-9H2,1H3,(H,22,23,24)/t12-/m0/s1. The molecule has 0 bridgehead atoms. The first kappa shape index (κ1) is 18.3. The number of hydrogen-bond acceptors (Lipinski definition) is 4. The van der Waals surface area contributed by atoms with Crippen LogP contribution in [0.4, 0.5) is 5.69 Å². The Kier molecular flexibility index (Phi) is 5.06. The molecule has 0 aliphatic carbocycles. The topological polar surface area (TPSA) is 65.1 Å². The number of halogens is 2. The second-order valence-electron chi connectivity index (χ2n) is 6.67. The number of H-pyrrole nitrogens is 1. The molecule has 3 aromatic rings. The highest BCUT2D eigenvalue weighted by molar-refractivity contribution is 9.10. The number of rotatable bonds is 3. The van der Waals surface area contributed by atoms with Crippen LogP contribution in [0.25, 0.3) is 11.0 Å². The SMILES string of the molecule is C[C@H](C(=O)N1CCN(c2c(Br)cnc3[nH]ncc23)CC1)c1ccc(Cl)cc1. The minimum absolute atomic E-state index is 0.152. The van der Waals surface area contributed by atoms with Crippen molar-refractivity contribution in [3.63, 3.8) is 0 Å². The Hall–Kier alpha value is -2.12. The molecule has 3 heterocycles. The molecule has 0 radical (unpaired) electrons. The van der Waals surface area contributed by atoms with Gasteiger partial charge in [0.1, 0.15) is 0 Å². The number of anilines is 1. The predicted octanol–water partition coefficient (Wildman–Crippen LogP) is 3.83. The molecule has 1 fully saturated rings. The van der Waals surface area contributed by atoms with Crippen molar-refractivity contribution in [3.05, 3.63) is 51.7 Å². The minimum atomic E-state index is -0.179. The van der Waals surface area contributed by atoms with Gasteiger partial charge in [-0.1, -0.05) is 23.7 Å². The minimum Gasteiger partial charge on any atom is -0.366 e. The van der Waals surface area contributed by atoms with E-state index in [1.807, 2.05) is 36.1 Å². The zero-order valence-electron chi connectivity index (χ0n) is 14.8. The van der Waals surface area contributed by atoms with Gasteiger partial charge in [0, 0.05) is 37.4 Å². The van der Waals surface area contributed by atoms with E-state index in [-0.39, 0.29) is 11.8 Å². The van der Waals surface area contributed by atoms with Crippen molar-refractivity contribution >= 4 is 50.2 Å². The number of piperazine rings is 1. The Morgan fingerprint density at radius 2 is 1.89 bits per heavy atom. The third-order valence-corrected chi connectivity index (χ3v) is 5.89. The van der Waals surface area contributed by atoms with E-state index in [1.54, 1.807) is 12.4 Å². The number of aromatic nitrogens is 3. The van der Waals surface area contributed by atoms with E-state index in [1.165, 1.54) is 0 Å².